The van der Waals surface area contributed by atoms with Gasteiger partial charge in [-0.25, -0.2) is 0 Å². The molecule has 1 unspecified atom stereocenters. The third-order valence-corrected chi connectivity index (χ3v) is 1.78. The van der Waals surface area contributed by atoms with Crippen molar-refractivity contribution in [2.24, 2.45) is 0 Å². The van der Waals surface area contributed by atoms with Crippen molar-refractivity contribution in [1.29, 1.82) is 0 Å². The molecule has 0 bridgehead atoms. The summed E-state index contributed by atoms with van der Waals surface area (Å²) in [5.41, 5.74) is 0. The minimum atomic E-state index is -0.833. The van der Waals surface area contributed by atoms with E-state index in [0.717, 1.165) is 6.92 Å². The number of alkyl halides is 1. The van der Waals surface area contributed by atoms with Crippen LogP contribution < -0.4 is 0 Å². The average molecular weight is 254 g/mol. The SMILES string of the molecule is CC(=O)O.O=C1CC(Br)C(=O)N1O. The number of hydrogen-bond acceptors (Lipinski definition) is 4. The second kappa shape index (κ2) is 4.93. The number of carboxylic acid groups (broad SMARTS) is 1. The van der Waals surface area contributed by atoms with E-state index in [1.54, 1.807) is 0 Å². The lowest BCUT2D eigenvalue weighted by molar-refractivity contribution is -0.170. The Labute approximate surface area is 82.2 Å². The van der Waals surface area contributed by atoms with Crippen molar-refractivity contribution < 1.29 is 24.7 Å². The zero-order valence-corrected chi connectivity index (χ0v) is 8.31. The van der Waals surface area contributed by atoms with Gasteiger partial charge in [0.2, 0.25) is 0 Å². The highest BCUT2D eigenvalue weighted by Gasteiger charge is 2.35. The van der Waals surface area contributed by atoms with Gasteiger partial charge in [0.1, 0.15) is 4.83 Å². The summed E-state index contributed by atoms with van der Waals surface area (Å²) in [5, 5.41) is 16.1. The van der Waals surface area contributed by atoms with Gasteiger partial charge in [0.05, 0.1) is 6.42 Å². The minimum Gasteiger partial charge on any atom is -0.481 e. The maximum absolute atomic E-state index is 10.5. The molecule has 0 aromatic heterocycles. The van der Waals surface area contributed by atoms with Gasteiger partial charge in [-0.2, -0.15) is 5.06 Å². The third kappa shape index (κ3) is 4.00. The highest BCUT2D eigenvalue weighted by atomic mass is 79.9. The van der Waals surface area contributed by atoms with Crippen LogP contribution in [0, 0.1) is 0 Å². The number of imide groups is 1. The second-order valence-electron chi connectivity index (χ2n) is 2.23. The van der Waals surface area contributed by atoms with Gasteiger partial charge in [-0.3, -0.25) is 19.6 Å². The number of aliphatic carboxylic acids is 1. The molecule has 1 rings (SSSR count). The maximum atomic E-state index is 10.5. The Morgan fingerprint density at radius 2 is 2.00 bits per heavy atom. The van der Waals surface area contributed by atoms with Crippen molar-refractivity contribution in [2.75, 3.05) is 0 Å². The minimum absolute atomic E-state index is 0.0509. The predicted molar refractivity (Wildman–Crippen MR) is 44.3 cm³/mol. The van der Waals surface area contributed by atoms with Gasteiger partial charge in [0.25, 0.3) is 17.8 Å². The molecular weight excluding hydrogens is 246 g/mol. The van der Waals surface area contributed by atoms with Crippen LogP contribution in [0.4, 0.5) is 0 Å². The first-order chi connectivity index (χ1) is 5.86. The average Bonchev–Trinajstić information content (AvgIpc) is 2.17. The number of amides is 2. The van der Waals surface area contributed by atoms with Crippen molar-refractivity contribution in [3.63, 3.8) is 0 Å². The van der Waals surface area contributed by atoms with E-state index in [1.165, 1.54) is 0 Å². The molecule has 1 saturated heterocycles. The first kappa shape index (κ1) is 12.0. The number of nitrogens with zero attached hydrogens (tertiary/aromatic N) is 1. The largest absolute Gasteiger partial charge is 0.481 e. The second-order valence-corrected chi connectivity index (χ2v) is 3.34. The highest BCUT2D eigenvalue weighted by molar-refractivity contribution is 9.10. The van der Waals surface area contributed by atoms with Crippen molar-refractivity contribution in [2.45, 2.75) is 18.2 Å². The summed E-state index contributed by atoms with van der Waals surface area (Å²) in [7, 11) is 0. The van der Waals surface area contributed by atoms with E-state index < -0.39 is 22.6 Å². The maximum Gasteiger partial charge on any atom is 0.300 e. The first-order valence-electron chi connectivity index (χ1n) is 3.25. The molecule has 0 aliphatic carbocycles. The van der Waals surface area contributed by atoms with Crippen molar-refractivity contribution >= 4 is 33.7 Å². The zero-order valence-electron chi connectivity index (χ0n) is 6.73. The molecule has 2 amide bonds. The van der Waals surface area contributed by atoms with E-state index in [0.29, 0.717) is 0 Å². The van der Waals surface area contributed by atoms with Crippen LogP contribution in [0.3, 0.4) is 0 Å². The first-order valence-corrected chi connectivity index (χ1v) is 4.17. The van der Waals surface area contributed by atoms with Gasteiger partial charge < -0.3 is 5.11 Å². The molecule has 0 aromatic rings. The molecule has 1 fully saturated rings. The molecule has 1 aliphatic heterocycles. The molecule has 0 radical (unpaired) electrons. The van der Waals surface area contributed by atoms with Crippen LogP contribution in [0.1, 0.15) is 13.3 Å². The number of rotatable bonds is 0. The molecule has 2 N–H and O–H groups in total. The topological polar surface area (TPSA) is 94.9 Å². The van der Waals surface area contributed by atoms with E-state index in [2.05, 4.69) is 15.9 Å². The molecule has 0 spiro atoms. The highest BCUT2D eigenvalue weighted by Crippen LogP contribution is 2.17. The summed E-state index contributed by atoms with van der Waals surface area (Å²) in [6.45, 7) is 1.08. The summed E-state index contributed by atoms with van der Waals surface area (Å²) < 4.78 is 0. The number of carbonyl (C=O) groups is 3. The Balaban J connectivity index is 0.000000310. The summed E-state index contributed by atoms with van der Waals surface area (Å²) in [5.74, 6) is -1.97. The van der Waals surface area contributed by atoms with E-state index in [9.17, 15) is 9.59 Å². The van der Waals surface area contributed by atoms with Crippen molar-refractivity contribution in [1.82, 2.24) is 5.06 Å². The van der Waals surface area contributed by atoms with Gasteiger partial charge >= 0.3 is 0 Å². The van der Waals surface area contributed by atoms with Crippen LogP contribution in [-0.4, -0.2) is 38.0 Å². The molecular formula is C6H8BrNO5. The number of carboxylic acids is 1. The Morgan fingerprint density at radius 1 is 1.62 bits per heavy atom. The molecule has 13 heavy (non-hydrogen) atoms. The van der Waals surface area contributed by atoms with Gasteiger partial charge in [-0.1, -0.05) is 15.9 Å². The lowest BCUT2D eigenvalue weighted by Crippen LogP contribution is -2.26. The van der Waals surface area contributed by atoms with Crippen LogP contribution in [0.5, 0.6) is 0 Å². The van der Waals surface area contributed by atoms with Gasteiger partial charge in [0, 0.05) is 6.92 Å². The van der Waals surface area contributed by atoms with Crippen LogP contribution in [0.2, 0.25) is 0 Å². The quantitative estimate of drug-likeness (QED) is 0.360. The summed E-state index contributed by atoms with van der Waals surface area (Å²) in [6.07, 6.45) is 0.0509. The fourth-order valence-electron chi connectivity index (χ4n) is 0.583. The summed E-state index contributed by atoms with van der Waals surface area (Å²) in [4.78, 5) is 29.4. The van der Waals surface area contributed by atoms with Gasteiger partial charge in [0.15, 0.2) is 0 Å². The van der Waals surface area contributed by atoms with Crippen LogP contribution in [0.25, 0.3) is 0 Å². The molecule has 74 valence electrons. The summed E-state index contributed by atoms with van der Waals surface area (Å²) in [6, 6.07) is 0. The zero-order chi connectivity index (χ0) is 10.6. The molecule has 7 heteroatoms. The van der Waals surface area contributed by atoms with E-state index in [-0.39, 0.29) is 11.5 Å². The molecule has 0 saturated carbocycles. The lowest BCUT2D eigenvalue weighted by atomic mass is 10.4. The van der Waals surface area contributed by atoms with Crippen LogP contribution in [-0.2, 0) is 14.4 Å². The number of halogens is 1. The van der Waals surface area contributed by atoms with E-state index in [1.807, 2.05) is 0 Å². The Morgan fingerprint density at radius 3 is 2.08 bits per heavy atom. The Hall–Kier alpha value is -0.950. The van der Waals surface area contributed by atoms with Gasteiger partial charge in [-0.05, 0) is 0 Å². The number of carbonyl (C=O) groups excluding carboxylic acids is 2. The summed E-state index contributed by atoms with van der Waals surface area (Å²) >= 11 is 2.91. The number of hydroxylamine groups is 2. The molecule has 1 heterocycles. The van der Waals surface area contributed by atoms with Crippen molar-refractivity contribution in [3.05, 3.63) is 0 Å². The van der Waals surface area contributed by atoms with Crippen LogP contribution in [0.15, 0.2) is 0 Å². The fourth-order valence-corrected chi connectivity index (χ4v) is 1.05. The smallest absolute Gasteiger partial charge is 0.300 e. The molecule has 0 aromatic carbocycles. The Kier molecular flexibility index (Phi) is 4.57. The van der Waals surface area contributed by atoms with E-state index in [4.69, 9.17) is 15.1 Å². The Bertz CT molecular complexity index is 237. The third-order valence-electron chi connectivity index (χ3n) is 1.07. The van der Waals surface area contributed by atoms with Crippen molar-refractivity contribution in [3.8, 4) is 0 Å². The lowest BCUT2D eigenvalue weighted by Gasteiger charge is -1.99. The van der Waals surface area contributed by atoms with Gasteiger partial charge in [-0.15, -0.1) is 0 Å². The molecule has 1 aliphatic rings. The fraction of sp³-hybridized carbons (Fsp3) is 0.500. The normalized spacial score (nSPS) is 21.2. The van der Waals surface area contributed by atoms with E-state index >= 15 is 0 Å². The predicted octanol–water partition coefficient (Wildman–Crippen LogP) is -0.0111. The number of hydrogen-bond donors (Lipinski definition) is 2. The van der Waals surface area contributed by atoms with Crippen LogP contribution >= 0.6 is 15.9 Å². The monoisotopic (exact) mass is 253 g/mol. The molecule has 1 atom stereocenters. The standard InChI is InChI=1S/C4H4BrNO3.C2H4O2/c5-2-1-3(7)6(9)4(2)8;1-2(3)4/h2,9H,1H2;1H3,(H,3,4). The molecule has 6 nitrogen and oxygen atoms in total.